The number of carboxylic acid groups (broad SMARTS) is 1. The van der Waals surface area contributed by atoms with E-state index < -0.39 is 12.1 Å². The molecule has 190 valence electrons. The molecule has 0 bridgehead atoms. The van der Waals surface area contributed by atoms with E-state index in [1.807, 2.05) is 11.9 Å². The first kappa shape index (κ1) is 25.1. The molecule has 0 radical (unpaired) electrons. The molecule has 0 spiro atoms. The van der Waals surface area contributed by atoms with Gasteiger partial charge >= 0.3 is 12.1 Å². The molecule has 1 saturated heterocycles. The number of halogens is 3. The van der Waals surface area contributed by atoms with Crippen LogP contribution < -0.4 is 0 Å². The number of benzene rings is 1. The molecule has 0 atom stereocenters. The first-order chi connectivity index (χ1) is 16.5. The lowest BCUT2D eigenvalue weighted by Gasteiger charge is -2.36. The van der Waals surface area contributed by atoms with Crippen LogP contribution in [0.2, 0.25) is 0 Å². The average molecular weight is 493 g/mol. The third kappa shape index (κ3) is 5.17. The third-order valence-electron chi connectivity index (χ3n) is 6.88. The Hall–Kier alpha value is -3.01. The van der Waals surface area contributed by atoms with Gasteiger partial charge in [-0.3, -0.25) is 9.69 Å². The number of hydrogen-bond acceptors (Lipinski definition) is 3. The zero-order valence-corrected chi connectivity index (χ0v) is 20.2. The van der Waals surface area contributed by atoms with Gasteiger partial charge in [0.1, 0.15) is 5.69 Å². The van der Waals surface area contributed by atoms with Crippen molar-refractivity contribution in [2.45, 2.75) is 45.5 Å². The fraction of sp³-hybridized carbons (Fsp3) is 0.520. The topological polar surface area (TPSA) is 70.7 Å². The Balaban J connectivity index is 0.000000364. The van der Waals surface area contributed by atoms with Gasteiger partial charge in [-0.2, -0.15) is 13.2 Å². The summed E-state index contributed by atoms with van der Waals surface area (Å²) >= 11 is 0. The second kappa shape index (κ2) is 9.56. The lowest BCUT2D eigenvalue weighted by Crippen LogP contribution is -2.50. The fourth-order valence-electron chi connectivity index (χ4n) is 4.71. The SMILES string of the molecule is CC(C)N1CCN(C(=O)c2cc3c(c4ccccc4n3CC3CC3)n2C)CC1.O=C(O)C(F)(F)F. The molecule has 2 aliphatic rings. The Morgan fingerprint density at radius 1 is 1.06 bits per heavy atom. The van der Waals surface area contributed by atoms with Gasteiger partial charge in [0, 0.05) is 51.2 Å². The van der Waals surface area contributed by atoms with Crippen LogP contribution in [0.1, 0.15) is 37.2 Å². The van der Waals surface area contributed by atoms with Crippen molar-refractivity contribution in [3.8, 4) is 0 Å². The minimum atomic E-state index is -5.08. The van der Waals surface area contributed by atoms with E-state index in [1.54, 1.807) is 0 Å². The van der Waals surface area contributed by atoms with Crippen LogP contribution in [0.3, 0.4) is 0 Å². The minimum absolute atomic E-state index is 0.171. The molecular formula is C25H31F3N4O3. The molecule has 7 nitrogen and oxygen atoms in total. The summed E-state index contributed by atoms with van der Waals surface area (Å²) in [6.45, 7) is 9.07. The number of carbonyl (C=O) groups excluding carboxylic acids is 1. The maximum absolute atomic E-state index is 13.3. The molecule has 5 rings (SSSR count). The third-order valence-corrected chi connectivity index (χ3v) is 6.88. The van der Waals surface area contributed by atoms with Gasteiger partial charge in [0.05, 0.1) is 16.6 Å². The Labute approximate surface area is 201 Å². The number of carbonyl (C=O) groups is 2. The van der Waals surface area contributed by atoms with Gasteiger partial charge in [-0.15, -0.1) is 0 Å². The van der Waals surface area contributed by atoms with Crippen LogP contribution >= 0.6 is 0 Å². The van der Waals surface area contributed by atoms with Gasteiger partial charge in [0.2, 0.25) is 0 Å². The van der Waals surface area contributed by atoms with Gasteiger partial charge in [0.15, 0.2) is 0 Å². The Morgan fingerprint density at radius 3 is 2.20 bits per heavy atom. The van der Waals surface area contributed by atoms with Crippen molar-refractivity contribution in [3.63, 3.8) is 0 Å². The lowest BCUT2D eigenvalue weighted by molar-refractivity contribution is -0.192. The number of aliphatic carboxylic acids is 1. The van der Waals surface area contributed by atoms with E-state index in [0.717, 1.165) is 44.3 Å². The van der Waals surface area contributed by atoms with Gasteiger partial charge in [0.25, 0.3) is 5.91 Å². The number of para-hydroxylation sites is 1. The maximum Gasteiger partial charge on any atom is 0.490 e. The number of nitrogens with zero attached hydrogens (tertiary/aromatic N) is 4. The molecule has 1 amide bonds. The number of piperazine rings is 1. The molecule has 10 heteroatoms. The Bertz CT molecular complexity index is 1230. The van der Waals surface area contributed by atoms with Crippen LogP contribution in [-0.4, -0.2) is 74.3 Å². The Kier molecular flexibility index (Phi) is 6.86. The molecule has 3 heterocycles. The highest BCUT2D eigenvalue weighted by atomic mass is 19.4. The summed E-state index contributed by atoms with van der Waals surface area (Å²) in [5, 5.41) is 8.38. The largest absolute Gasteiger partial charge is 0.490 e. The van der Waals surface area contributed by atoms with Crippen molar-refractivity contribution in [2.75, 3.05) is 26.2 Å². The standard InChI is InChI=1S/C23H30N4O.C2HF3O2/c1-16(2)25-10-12-26(13-11-25)23(28)21-14-20-22(24(21)3)18-6-4-5-7-19(18)27(20)15-17-8-9-17;3-2(4,5)1(6)7/h4-7,14,16-17H,8-13,15H2,1-3H3;(H,6,7). The molecule has 1 saturated carbocycles. The summed E-state index contributed by atoms with van der Waals surface area (Å²) in [4.78, 5) is 26.7. The normalized spacial score (nSPS) is 17.2. The van der Waals surface area contributed by atoms with Crippen molar-refractivity contribution in [2.24, 2.45) is 13.0 Å². The van der Waals surface area contributed by atoms with E-state index in [0.29, 0.717) is 6.04 Å². The molecule has 1 N–H and O–H groups in total. The molecule has 35 heavy (non-hydrogen) atoms. The number of aromatic nitrogens is 2. The molecular weight excluding hydrogens is 461 g/mol. The molecule has 1 aliphatic carbocycles. The number of rotatable bonds is 4. The van der Waals surface area contributed by atoms with Crippen molar-refractivity contribution < 1.29 is 27.9 Å². The number of fused-ring (bicyclic) bond motifs is 3. The summed E-state index contributed by atoms with van der Waals surface area (Å²) in [6, 6.07) is 11.3. The highest BCUT2D eigenvalue weighted by molar-refractivity contribution is 6.10. The molecule has 2 aromatic heterocycles. The predicted octanol–water partition coefficient (Wildman–Crippen LogP) is 4.34. The summed E-state index contributed by atoms with van der Waals surface area (Å²) in [5.74, 6) is -1.79. The molecule has 0 unspecified atom stereocenters. The minimum Gasteiger partial charge on any atom is -0.475 e. The highest BCUT2D eigenvalue weighted by Crippen LogP contribution is 2.37. The van der Waals surface area contributed by atoms with Gasteiger partial charge < -0.3 is 19.1 Å². The second-order valence-electron chi connectivity index (χ2n) is 9.62. The number of amides is 1. The number of carboxylic acids is 1. The van der Waals surface area contributed by atoms with Crippen LogP contribution in [0.4, 0.5) is 13.2 Å². The van der Waals surface area contributed by atoms with Crippen LogP contribution in [0.25, 0.3) is 21.9 Å². The van der Waals surface area contributed by atoms with Gasteiger partial charge in [-0.25, -0.2) is 4.79 Å². The monoisotopic (exact) mass is 492 g/mol. The van der Waals surface area contributed by atoms with Crippen LogP contribution in [0.5, 0.6) is 0 Å². The lowest BCUT2D eigenvalue weighted by atomic mass is 10.2. The second-order valence-corrected chi connectivity index (χ2v) is 9.62. The van der Waals surface area contributed by atoms with Crippen LogP contribution in [0, 0.1) is 5.92 Å². The average Bonchev–Trinajstić information content (AvgIpc) is 3.50. The van der Waals surface area contributed by atoms with E-state index >= 15 is 0 Å². The van der Waals surface area contributed by atoms with Crippen molar-refractivity contribution >= 4 is 33.8 Å². The summed E-state index contributed by atoms with van der Waals surface area (Å²) in [5.41, 5.74) is 4.51. The van der Waals surface area contributed by atoms with Crippen molar-refractivity contribution in [1.29, 1.82) is 0 Å². The zero-order valence-electron chi connectivity index (χ0n) is 20.2. The quantitative estimate of drug-likeness (QED) is 0.588. The van der Waals surface area contributed by atoms with E-state index in [4.69, 9.17) is 9.90 Å². The zero-order chi connectivity index (χ0) is 25.5. The Morgan fingerprint density at radius 2 is 1.66 bits per heavy atom. The summed E-state index contributed by atoms with van der Waals surface area (Å²) < 4.78 is 36.3. The number of alkyl halides is 3. The molecule has 1 aliphatic heterocycles. The maximum atomic E-state index is 13.3. The fourth-order valence-corrected chi connectivity index (χ4v) is 4.71. The first-order valence-electron chi connectivity index (χ1n) is 11.9. The predicted molar refractivity (Wildman–Crippen MR) is 127 cm³/mol. The highest BCUT2D eigenvalue weighted by Gasteiger charge is 2.38. The number of aryl methyl sites for hydroxylation is 1. The molecule has 1 aromatic carbocycles. The summed E-state index contributed by atoms with van der Waals surface area (Å²) in [6.07, 6.45) is -2.43. The van der Waals surface area contributed by atoms with Crippen molar-refractivity contribution in [1.82, 2.24) is 18.9 Å². The van der Waals surface area contributed by atoms with E-state index in [9.17, 15) is 18.0 Å². The number of hydrogen-bond donors (Lipinski definition) is 1. The smallest absolute Gasteiger partial charge is 0.475 e. The van der Waals surface area contributed by atoms with E-state index in [1.165, 1.54) is 34.8 Å². The summed E-state index contributed by atoms with van der Waals surface area (Å²) in [7, 11) is 2.05. The molecule has 3 aromatic rings. The van der Waals surface area contributed by atoms with Gasteiger partial charge in [-0.05, 0) is 44.7 Å². The van der Waals surface area contributed by atoms with Gasteiger partial charge in [-0.1, -0.05) is 18.2 Å². The molecule has 2 fully saturated rings. The van der Waals surface area contributed by atoms with Crippen molar-refractivity contribution in [3.05, 3.63) is 36.0 Å². The van der Waals surface area contributed by atoms with E-state index in [-0.39, 0.29) is 5.91 Å². The van der Waals surface area contributed by atoms with E-state index in [2.05, 4.69) is 58.2 Å². The first-order valence-corrected chi connectivity index (χ1v) is 11.9. The van der Waals surface area contributed by atoms with Crippen LogP contribution in [0.15, 0.2) is 30.3 Å². The van der Waals surface area contributed by atoms with Crippen LogP contribution in [-0.2, 0) is 18.4 Å².